The van der Waals surface area contributed by atoms with E-state index in [2.05, 4.69) is 20.3 Å². The number of urea groups is 1. The highest BCUT2D eigenvalue weighted by Crippen LogP contribution is 2.23. The second-order valence-corrected chi connectivity index (χ2v) is 10.1. The first-order valence-electron chi connectivity index (χ1n) is 9.89. The summed E-state index contributed by atoms with van der Waals surface area (Å²) in [6, 6.07) is 8.06. The van der Waals surface area contributed by atoms with Crippen LogP contribution in [0.25, 0.3) is 17.8 Å². The van der Waals surface area contributed by atoms with Crippen molar-refractivity contribution in [3.63, 3.8) is 0 Å². The molecule has 0 aliphatic rings. The molecule has 2 atom stereocenters. The molecule has 0 saturated heterocycles. The van der Waals surface area contributed by atoms with Gasteiger partial charge in [0, 0.05) is 11.7 Å². The molecule has 2 amide bonds. The van der Waals surface area contributed by atoms with Crippen LogP contribution in [0.15, 0.2) is 50.2 Å². The predicted octanol–water partition coefficient (Wildman–Crippen LogP) is 1.22. The first-order valence-corrected chi connectivity index (χ1v) is 12.2. The lowest BCUT2D eigenvalue weighted by Crippen LogP contribution is -2.53. The number of benzene rings is 1. The van der Waals surface area contributed by atoms with E-state index in [-0.39, 0.29) is 22.3 Å². The molecule has 9 nitrogen and oxygen atoms in total. The Kier molecular flexibility index (Phi) is 8.56. The lowest BCUT2D eigenvalue weighted by atomic mass is 10.2. The molecule has 0 bridgehead atoms. The number of carbonyl (C=O) groups is 1. The maximum Gasteiger partial charge on any atom is 0.333 e. The number of rotatable bonds is 7. The van der Waals surface area contributed by atoms with Gasteiger partial charge in [0.25, 0.3) is 5.56 Å². The Morgan fingerprint density at radius 2 is 1.97 bits per heavy atom. The highest BCUT2D eigenvalue weighted by Gasteiger charge is 2.12. The smallest absolute Gasteiger partial charge is 0.314 e. The number of aromatic amines is 1. The van der Waals surface area contributed by atoms with Crippen LogP contribution in [-0.4, -0.2) is 39.6 Å². The molecule has 0 aliphatic carbocycles. The Balaban J connectivity index is 1.86. The van der Waals surface area contributed by atoms with E-state index in [1.165, 1.54) is 24.3 Å². The van der Waals surface area contributed by atoms with Gasteiger partial charge in [-0.15, -0.1) is 11.3 Å². The minimum atomic E-state index is -1.78. The average Bonchev–Trinajstić information content (AvgIpc) is 3.23. The molecule has 3 rings (SSSR count). The zero-order valence-electron chi connectivity index (χ0n) is 18.1. The van der Waals surface area contributed by atoms with E-state index in [1.54, 1.807) is 25.3 Å². The fraction of sp³-hybridized carbons (Fsp3) is 0.190. The van der Waals surface area contributed by atoms with Crippen LogP contribution in [0.4, 0.5) is 14.9 Å². The lowest BCUT2D eigenvalue weighted by molar-refractivity contribution is 0.257. The predicted molar refractivity (Wildman–Crippen MR) is 133 cm³/mol. The maximum absolute atomic E-state index is 13.1. The first-order chi connectivity index (χ1) is 16.2. The van der Waals surface area contributed by atoms with Gasteiger partial charge in [-0.1, -0.05) is 11.6 Å². The van der Waals surface area contributed by atoms with Crippen LogP contribution in [0.1, 0.15) is 6.92 Å². The zero-order chi connectivity index (χ0) is 24.8. The van der Waals surface area contributed by atoms with Gasteiger partial charge in [-0.2, -0.15) is 0 Å². The number of anilines is 1. The Morgan fingerprint density at radius 1 is 1.26 bits per heavy atom. The standard InChI is InChI=1S/C21H21ClFN5O4S2/c1-12(24-2)11-16-15(9-10-23)19(29)28(21(31)26-16)14-5-3-13(4-6-14)25-20(30)27-34(32)18-8-7-17(22)33-18/h3-9,11-12,24H,10H2,1-2H3,(H,26,31)(H2,25,27,30)/b15-9+,16-11+. The van der Waals surface area contributed by atoms with E-state index in [0.717, 1.165) is 22.0 Å². The zero-order valence-corrected chi connectivity index (χ0v) is 20.4. The topological polar surface area (TPSA) is 125 Å². The number of hydrogen-bond acceptors (Lipinski definition) is 6. The molecule has 3 aromatic rings. The summed E-state index contributed by atoms with van der Waals surface area (Å²) in [5.41, 5.74) is -0.829. The number of aromatic nitrogens is 2. The molecule has 0 fully saturated rings. The minimum Gasteiger partial charge on any atom is -0.314 e. The van der Waals surface area contributed by atoms with E-state index in [9.17, 15) is 23.0 Å². The molecular weight excluding hydrogens is 505 g/mol. The van der Waals surface area contributed by atoms with Crippen LogP contribution in [0.3, 0.4) is 0 Å². The molecule has 2 heterocycles. The number of alkyl halides is 1. The first kappa shape index (κ1) is 25.6. The van der Waals surface area contributed by atoms with Crippen LogP contribution >= 0.6 is 22.9 Å². The molecule has 180 valence electrons. The van der Waals surface area contributed by atoms with Gasteiger partial charge in [-0.05, 0) is 62.5 Å². The minimum absolute atomic E-state index is 0.0296. The summed E-state index contributed by atoms with van der Waals surface area (Å²) in [7, 11) is -0.0667. The molecule has 4 N–H and O–H groups in total. The number of nitrogens with one attached hydrogen (secondary N) is 4. The third-order valence-corrected chi connectivity index (χ3v) is 7.22. The van der Waals surface area contributed by atoms with E-state index < -0.39 is 34.9 Å². The van der Waals surface area contributed by atoms with Crippen molar-refractivity contribution in [2.45, 2.75) is 17.2 Å². The molecule has 2 unspecified atom stereocenters. The van der Waals surface area contributed by atoms with Crippen LogP contribution in [0, 0.1) is 0 Å². The van der Waals surface area contributed by atoms with Crippen molar-refractivity contribution >= 4 is 57.8 Å². The van der Waals surface area contributed by atoms with Crippen LogP contribution in [0.5, 0.6) is 0 Å². The second-order valence-electron chi connectivity index (χ2n) is 6.93. The molecule has 0 aliphatic heterocycles. The Bertz CT molecular complexity index is 1450. The third-order valence-electron chi connectivity index (χ3n) is 4.62. The highest BCUT2D eigenvalue weighted by molar-refractivity contribution is 7.86. The van der Waals surface area contributed by atoms with Crippen molar-refractivity contribution in [1.82, 2.24) is 19.6 Å². The normalized spacial score (nSPS) is 14.1. The number of halogens is 2. The quantitative estimate of drug-likeness (QED) is 0.369. The Labute approximate surface area is 204 Å². The van der Waals surface area contributed by atoms with Crippen LogP contribution < -0.4 is 37.2 Å². The highest BCUT2D eigenvalue weighted by atomic mass is 35.5. The summed E-state index contributed by atoms with van der Waals surface area (Å²) in [6.07, 6.45) is 2.72. The van der Waals surface area contributed by atoms with Gasteiger partial charge in [0.2, 0.25) is 0 Å². The third kappa shape index (κ3) is 6.08. The summed E-state index contributed by atoms with van der Waals surface area (Å²) in [4.78, 5) is 40.4. The van der Waals surface area contributed by atoms with Crippen LogP contribution in [0.2, 0.25) is 4.34 Å². The fourth-order valence-corrected chi connectivity index (χ4v) is 5.04. The SMILES string of the molecule is CNC(C)/C=c1/[nH]c(=O)n(-c2ccc(NC(=O)NS(=O)c3ccc(Cl)s3)cc2)c(=O)/c1=C/CF. The molecular formula is C21H21ClFN5O4S2. The number of H-pyrrole nitrogens is 1. The number of nitrogens with zero attached hydrogens (tertiary/aromatic N) is 1. The summed E-state index contributed by atoms with van der Waals surface area (Å²) < 4.78 is 29.2. The summed E-state index contributed by atoms with van der Waals surface area (Å²) in [6.45, 7) is 0.934. The molecule has 0 spiro atoms. The summed E-state index contributed by atoms with van der Waals surface area (Å²) >= 11 is 6.89. The molecule has 0 radical (unpaired) electrons. The van der Waals surface area contributed by atoms with Crippen molar-refractivity contribution in [3.05, 3.63) is 72.1 Å². The average molecular weight is 526 g/mol. The number of amides is 2. The van der Waals surface area contributed by atoms with Gasteiger partial charge in [0.15, 0.2) is 11.0 Å². The van der Waals surface area contributed by atoms with Crippen molar-refractivity contribution < 1.29 is 13.4 Å². The molecule has 0 saturated carbocycles. The van der Waals surface area contributed by atoms with Gasteiger partial charge >= 0.3 is 11.7 Å². The number of thiophene rings is 1. The van der Waals surface area contributed by atoms with Crippen molar-refractivity contribution in [2.24, 2.45) is 0 Å². The van der Waals surface area contributed by atoms with Gasteiger partial charge < -0.3 is 15.6 Å². The maximum atomic E-state index is 13.1. The molecule has 13 heteroatoms. The summed E-state index contributed by atoms with van der Waals surface area (Å²) in [5, 5.41) is 5.72. The van der Waals surface area contributed by atoms with E-state index >= 15 is 0 Å². The van der Waals surface area contributed by atoms with Crippen molar-refractivity contribution in [2.75, 3.05) is 19.0 Å². The molecule has 2 aromatic heterocycles. The lowest BCUT2D eigenvalue weighted by Gasteiger charge is -2.09. The van der Waals surface area contributed by atoms with Crippen molar-refractivity contribution in [3.8, 4) is 5.69 Å². The number of carbonyl (C=O) groups excluding carboxylic acids is 1. The van der Waals surface area contributed by atoms with Gasteiger partial charge in [-0.25, -0.2) is 22.8 Å². The fourth-order valence-electron chi connectivity index (χ4n) is 2.92. The monoisotopic (exact) mass is 525 g/mol. The van der Waals surface area contributed by atoms with E-state index in [4.69, 9.17) is 11.6 Å². The second kappa shape index (κ2) is 11.4. The summed E-state index contributed by atoms with van der Waals surface area (Å²) in [5.74, 6) is 0. The van der Waals surface area contributed by atoms with E-state index in [1.807, 2.05) is 6.92 Å². The van der Waals surface area contributed by atoms with E-state index in [0.29, 0.717) is 14.2 Å². The molecule has 34 heavy (non-hydrogen) atoms. The van der Waals surface area contributed by atoms with Gasteiger partial charge in [0.1, 0.15) is 10.9 Å². The van der Waals surface area contributed by atoms with Gasteiger partial charge in [-0.3, -0.25) is 9.52 Å². The Hall–Kier alpha value is -3.06. The van der Waals surface area contributed by atoms with Crippen molar-refractivity contribution in [1.29, 1.82) is 0 Å². The molecule has 1 aromatic carbocycles. The number of hydrogen-bond donors (Lipinski definition) is 4. The van der Waals surface area contributed by atoms with Gasteiger partial charge in [0.05, 0.1) is 20.6 Å². The Morgan fingerprint density at radius 3 is 2.56 bits per heavy atom. The largest absolute Gasteiger partial charge is 0.333 e. The van der Waals surface area contributed by atoms with Crippen LogP contribution in [-0.2, 0) is 11.0 Å².